The Morgan fingerprint density at radius 1 is 0.582 bits per heavy atom. The molecule has 24 nitrogen and oxygen atoms in total. The summed E-state index contributed by atoms with van der Waals surface area (Å²) in [5.41, 5.74) is 4.03. The van der Waals surface area contributed by atoms with Crippen molar-refractivity contribution >= 4 is 94.8 Å². The van der Waals surface area contributed by atoms with Gasteiger partial charge in [0.15, 0.2) is 24.1 Å². The Balaban J connectivity index is 0.000000158. The molecule has 342 valence electrons. The topological polar surface area (TPSA) is 379 Å². The van der Waals surface area contributed by atoms with Crippen LogP contribution in [-0.4, -0.2) is 128 Å². The highest BCUT2D eigenvalue weighted by Crippen LogP contribution is 2.27. The van der Waals surface area contributed by atoms with Gasteiger partial charge in [-0.1, -0.05) is 11.6 Å². The highest BCUT2D eigenvalue weighted by molar-refractivity contribution is 6.57. The predicted molar refractivity (Wildman–Crippen MR) is 239 cm³/mol. The second-order valence-corrected chi connectivity index (χ2v) is 13.2. The van der Waals surface area contributed by atoms with E-state index >= 15 is 0 Å². The fraction of sp³-hybridized carbons (Fsp3) is 0.0500. The SMILES string of the molecule is CNC.Clc1ncnc2[nH]ccc12.O=C(O)c1coc(-c2ncnc3[nH]ccc23)c1.O=C(O)c1coc(-c2ncnc3[nH]ccc23)c1.O=Cc1coc(B(O)O)c1.O=Cc1coc(B(O)O)c1. The molecule has 10 N–H and O–H groups in total. The number of hydrogen-bond acceptors (Lipinski definition) is 19. The number of carbonyl (C=O) groups excluding carboxylic acids is 2. The average Bonchev–Trinajstić information content (AvgIpc) is 4.18. The lowest BCUT2D eigenvalue weighted by atomic mass is 9.88. The summed E-state index contributed by atoms with van der Waals surface area (Å²) >= 11 is 5.73. The highest BCUT2D eigenvalue weighted by atomic mass is 35.5. The molecule has 0 aromatic carbocycles. The number of aromatic amines is 3. The molecule has 10 rings (SSSR count). The van der Waals surface area contributed by atoms with Gasteiger partial charge in [0, 0.05) is 41.5 Å². The van der Waals surface area contributed by atoms with Crippen LogP contribution in [0.4, 0.5) is 0 Å². The van der Waals surface area contributed by atoms with Gasteiger partial charge in [-0.2, -0.15) is 0 Å². The lowest BCUT2D eigenvalue weighted by molar-refractivity contribution is 0.0685. The number of fused-ring (bicyclic) bond motifs is 3. The quantitative estimate of drug-likeness (QED) is 0.0595. The van der Waals surface area contributed by atoms with Crippen LogP contribution in [0.3, 0.4) is 0 Å². The second-order valence-electron chi connectivity index (χ2n) is 12.9. The van der Waals surface area contributed by atoms with Crippen LogP contribution in [0.2, 0.25) is 5.15 Å². The van der Waals surface area contributed by atoms with Gasteiger partial charge in [0.2, 0.25) is 0 Å². The molecule has 0 unspecified atom stereocenters. The number of rotatable bonds is 8. The second kappa shape index (κ2) is 24.0. The van der Waals surface area contributed by atoms with Crippen molar-refractivity contribution in [3.05, 3.63) is 132 Å². The third kappa shape index (κ3) is 13.3. The lowest BCUT2D eigenvalue weighted by Gasteiger charge is -1.96. The molecule has 0 aliphatic carbocycles. The van der Waals surface area contributed by atoms with Crippen molar-refractivity contribution in [3.8, 4) is 22.9 Å². The van der Waals surface area contributed by atoms with E-state index in [1.807, 2.05) is 32.3 Å². The van der Waals surface area contributed by atoms with Crippen molar-refractivity contribution in [2.45, 2.75) is 0 Å². The van der Waals surface area contributed by atoms with E-state index < -0.39 is 26.2 Å². The minimum Gasteiger partial charge on any atom is -0.478 e. The fourth-order valence-corrected chi connectivity index (χ4v) is 5.45. The average molecular weight is 937 g/mol. The number of aldehydes is 2. The molecule has 0 aliphatic heterocycles. The van der Waals surface area contributed by atoms with Crippen LogP contribution >= 0.6 is 11.6 Å². The molecular weight excluding hydrogens is 902 g/mol. The number of aromatic nitrogens is 9. The number of aromatic carboxylic acids is 2. The van der Waals surface area contributed by atoms with Gasteiger partial charge in [-0.15, -0.1) is 0 Å². The maximum Gasteiger partial charge on any atom is 0.526 e. The first-order chi connectivity index (χ1) is 32.3. The Labute approximate surface area is 380 Å². The van der Waals surface area contributed by atoms with Gasteiger partial charge in [-0.05, 0) is 44.4 Å². The van der Waals surface area contributed by atoms with Crippen molar-refractivity contribution in [1.82, 2.24) is 50.2 Å². The van der Waals surface area contributed by atoms with E-state index in [2.05, 4.69) is 59.0 Å². The van der Waals surface area contributed by atoms with E-state index in [9.17, 15) is 19.2 Å². The van der Waals surface area contributed by atoms with Gasteiger partial charge in [-0.3, -0.25) is 9.59 Å². The summed E-state index contributed by atoms with van der Waals surface area (Å²) in [5, 5.41) is 57.2. The zero-order chi connectivity index (χ0) is 48.5. The van der Waals surface area contributed by atoms with Crippen molar-refractivity contribution in [2.75, 3.05) is 14.1 Å². The molecule has 0 fully saturated rings. The number of hydrogen-bond donors (Lipinski definition) is 10. The van der Waals surface area contributed by atoms with Crippen LogP contribution < -0.4 is 16.6 Å². The van der Waals surface area contributed by atoms with Crippen LogP contribution in [0.25, 0.3) is 56.0 Å². The standard InChI is InChI=1S/2C11H7N3O3.C6H4ClN3.2C5H5BO4.C2H7N/c2*15-11(16)6-3-8(17-4-6)9-7-1-2-12-10(7)14-5-13-9;7-5-4-1-2-8-6(4)10-3-9-5;2*7-2-4-1-5(6(8)9)10-3-4;1-3-2/h2*1-5H,(H,15,16)(H,12,13,14);1-3H,(H,8,9,10);2*1-3,8-9H;3H,1-2H3. The molecule has 27 heteroatoms. The molecule has 0 spiro atoms. The first-order valence-electron chi connectivity index (χ1n) is 18.8. The van der Waals surface area contributed by atoms with Crippen molar-refractivity contribution < 1.29 is 67.2 Å². The minimum absolute atomic E-state index is 0.0258. The third-order valence-corrected chi connectivity index (χ3v) is 8.54. The smallest absolute Gasteiger partial charge is 0.478 e. The van der Waals surface area contributed by atoms with Crippen LogP contribution in [0, 0.1) is 0 Å². The molecule has 0 amide bonds. The van der Waals surface area contributed by atoms with Gasteiger partial charge in [0.1, 0.15) is 88.8 Å². The molecular formula is C40H35B2ClN10O14. The van der Waals surface area contributed by atoms with Crippen LogP contribution in [0.1, 0.15) is 41.4 Å². The number of carbonyl (C=O) groups is 4. The monoisotopic (exact) mass is 936 g/mol. The number of nitrogens with one attached hydrogen (secondary N) is 4. The Hall–Kier alpha value is -8.52. The van der Waals surface area contributed by atoms with Gasteiger partial charge in [0.05, 0.1) is 27.6 Å². The van der Waals surface area contributed by atoms with Gasteiger partial charge < -0.3 is 68.2 Å². The molecule has 10 aromatic heterocycles. The minimum atomic E-state index is -1.64. The van der Waals surface area contributed by atoms with Crippen molar-refractivity contribution in [3.63, 3.8) is 0 Å². The first-order valence-corrected chi connectivity index (χ1v) is 19.2. The largest absolute Gasteiger partial charge is 0.526 e. The first kappa shape index (κ1) is 49.5. The third-order valence-electron chi connectivity index (χ3n) is 8.23. The van der Waals surface area contributed by atoms with Crippen LogP contribution in [-0.2, 0) is 0 Å². The summed E-state index contributed by atoms with van der Waals surface area (Å²) in [5.74, 6) is -1.23. The zero-order valence-corrected chi connectivity index (χ0v) is 35.4. The van der Waals surface area contributed by atoms with E-state index in [0.29, 0.717) is 63.1 Å². The van der Waals surface area contributed by atoms with E-state index in [1.54, 1.807) is 18.6 Å². The summed E-state index contributed by atoms with van der Waals surface area (Å²) in [6, 6.07) is 10.9. The van der Waals surface area contributed by atoms with E-state index in [1.165, 1.54) is 55.8 Å². The van der Waals surface area contributed by atoms with E-state index in [-0.39, 0.29) is 22.4 Å². The number of nitrogens with zero attached hydrogens (tertiary/aromatic N) is 6. The Kier molecular flexibility index (Phi) is 17.7. The molecule has 0 atom stereocenters. The number of carboxylic acid groups (broad SMARTS) is 2. The van der Waals surface area contributed by atoms with Gasteiger partial charge in [-0.25, -0.2) is 39.5 Å². The zero-order valence-electron chi connectivity index (χ0n) is 34.6. The number of halogens is 1. The van der Waals surface area contributed by atoms with Gasteiger partial charge >= 0.3 is 26.2 Å². The Bertz CT molecular complexity index is 3000. The molecule has 0 radical (unpaired) electrons. The summed E-state index contributed by atoms with van der Waals surface area (Å²) in [7, 11) is 0.461. The molecule has 10 aromatic rings. The van der Waals surface area contributed by atoms with Crippen molar-refractivity contribution in [1.29, 1.82) is 0 Å². The van der Waals surface area contributed by atoms with Gasteiger partial charge in [0.25, 0.3) is 0 Å². The molecule has 0 saturated heterocycles. The summed E-state index contributed by atoms with van der Waals surface area (Å²) in [6.07, 6.45) is 15.3. The van der Waals surface area contributed by atoms with E-state index in [0.717, 1.165) is 34.3 Å². The fourth-order valence-electron chi connectivity index (χ4n) is 5.25. The van der Waals surface area contributed by atoms with E-state index in [4.69, 9.17) is 50.7 Å². The summed E-state index contributed by atoms with van der Waals surface area (Å²) in [6.45, 7) is 0. The molecule has 0 saturated carbocycles. The predicted octanol–water partition coefficient (Wildman–Crippen LogP) is 2.82. The van der Waals surface area contributed by atoms with Crippen molar-refractivity contribution in [2.24, 2.45) is 0 Å². The number of furan rings is 4. The molecule has 67 heavy (non-hydrogen) atoms. The van der Waals surface area contributed by atoms with Crippen LogP contribution in [0.5, 0.6) is 0 Å². The summed E-state index contributed by atoms with van der Waals surface area (Å²) in [4.78, 5) is 74.4. The maximum absolute atomic E-state index is 10.8. The Morgan fingerprint density at radius 3 is 1.27 bits per heavy atom. The number of H-pyrrole nitrogens is 3. The molecule has 0 aliphatic rings. The molecule has 10 heterocycles. The maximum atomic E-state index is 10.8. The molecule has 0 bridgehead atoms. The lowest BCUT2D eigenvalue weighted by Crippen LogP contribution is -2.27. The van der Waals surface area contributed by atoms with Crippen LogP contribution in [0.15, 0.2) is 123 Å². The normalized spacial score (nSPS) is 10.1. The Morgan fingerprint density at radius 2 is 0.955 bits per heavy atom. The highest BCUT2D eigenvalue weighted by Gasteiger charge is 2.17. The summed E-state index contributed by atoms with van der Waals surface area (Å²) < 4.78 is 19.6. The number of carboxylic acids is 2.